The Morgan fingerprint density at radius 1 is 1.42 bits per heavy atom. The second kappa shape index (κ2) is 5.34. The lowest BCUT2D eigenvalue weighted by Crippen LogP contribution is -2.33. The van der Waals surface area contributed by atoms with Gasteiger partial charge in [0.1, 0.15) is 0 Å². The molecule has 0 atom stereocenters. The average Bonchev–Trinajstić information content (AvgIpc) is 2.77. The van der Waals surface area contributed by atoms with Crippen molar-refractivity contribution < 1.29 is 4.79 Å². The van der Waals surface area contributed by atoms with Gasteiger partial charge >= 0.3 is 0 Å². The van der Waals surface area contributed by atoms with E-state index in [1.807, 2.05) is 30.0 Å². The standard InChI is InChI=1S/C15H21N3O/c1-4-18(9-10(2)3)15(19)13-8-17-14-7-11(16)5-6-12(13)14/h5-8,10,17H,4,9,16H2,1-3H3. The van der Waals surface area contributed by atoms with Crippen molar-refractivity contribution in [3.05, 3.63) is 30.0 Å². The zero-order valence-corrected chi connectivity index (χ0v) is 11.7. The third-order valence-electron chi connectivity index (χ3n) is 3.19. The zero-order valence-electron chi connectivity index (χ0n) is 11.7. The van der Waals surface area contributed by atoms with Crippen LogP contribution in [0.2, 0.25) is 0 Å². The largest absolute Gasteiger partial charge is 0.399 e. The number of carbonyl (C=O) groups is 1. The van der Waals surface area contributed by atoms with E-state index in [0.717, 1.165) is 29.6 Å². The predicted molar refractivity (Wildman–Crippen MR) is 79.1 cm³/mol. The van der Waals surface area contributed by atoms with Crippen LogP contribution < -0.4 is 5.73 Å². The molecule has 0 aliphatic heterocycles. The summed E-state index contributed by atoms with van der Waals surface area (Å²) >= 11 is 0. The summed E-state index contributed by atoms with van der Waals surface area (Å²) in [5.41, 5.74) is 8.07. The van der Waals surface area contributed by atoms with Crippen LogP contribution >= 0.6 is 0 Å². The Morgan fingerprint density at radius 2 is 2.16 bits per heavy atom. The number of nitrogen functional groups attached to an aromatic ring is 1. The van der Waals surface area contributed by atoms with Crippen molar-refractivity contribution in [3.8, 4) is 0 Å². The fourth-order valence-corrected chi connectivity index (χ4v) is 2.29. The normalized spacial score (nSPS) is 11.2. The summed E-state index contributed by atoms with van der Waals surface area (Å²) < 4.78 is 0. The molecule has 0 saturated carbocycles. The van der Waals surface area contributed by atoms with E-state index >= 15 is 0 Å². The molecule has 4 nitrogen and oxygen atoms in total. The Balaban J connectivity index is 2.35. The fraction of sp³-hybridized carbons (Fsp3) is 0.400. The van der Waals surface area contributed by atoms with Gasteiger partial charge in [0.05, 0.1) is 5.56 Å². The lowest BCUT2D eigenvalue weighted by atomic mass is 10.1. The molecule has 102 valence electrons. The van der Waals surface area contributed by atoms with Gasteiger partial charge < -0.3 is 15.6 Å². The lowest BCUT2D eigenvalue weighted by molar-refractivity contribution is 0.0748. The van der Waals surface area contributed by atoms with Gasteiger partial charge in [0.25, 0.3) is 5.91 Å². The summed E-state index contributed by atoms with van der Waals surface area (Å²) in [6, 6.07) is 5.58. The number of carbonyl (C=O) groups excluding carboxylic acids is 1. The topological polar surface area (TPSA) is 62.1 Å². The number of hydrogen-bond acceptors (Lipinski definition) is 2. The molecule has 0 bridgehead atoms. The van der Waals surface area contributed by atoms with E-state index < -0.39 is 0 Å². The number of hydrogen-bond donors (Lipinski definition) is 2. The summed E-state index contributed by atoms with van der Waals surface area (Å²) in [7, 11) is 0. The van der Waals surface area contributed by atoms with Crippen LogP contribution in [0.3, 0.4) is 0 Å². The summed E-state index contributed by atoms with van der Waals surface area (Å²) in [5, 5.41) is 0.932. The Bertz CT molecular complexity index is 586. The number of nitrogens with one attached hydrogen (secondary N) is 1. The van der Waals surface area contributed by atoms with Gasteiger partial charge in [-0.2, -0.15) is 0 Å². The van der Waals surface area contributed by atoms with Gasteiger partial charge in [-0.3, -0.25) is 4.79 Å². The number of nitrogens with two attached hydrogens (primary N) is 1. The Labute approximate surface area is 113 Å². The van der Waals surface area contributed by atoms with E-state index in [2.05, 4.69) is 18.8 Å². The predicted octanol–water partition coefficient (Wildman–Crippen LogP) is 2.87. The molecule has 0 saturated heterocycles. The molecule has 1 aromatic carbocycles. The summed E-state index contributed by atoms with van der Waals surface area (Å²) in [6.45, 7) is 7.74. The first-order valence-electron chi connectivity index (χ1n) is 6.68. The molecular weight excluding hydrogens is 238 g/mol. The monoisotopic (exact) mass is 259 g/mol. The number of benzene rings is 1. The van der Waals surface area contributed by atoms with Crippen LogP contribution in [0.1, 0.15) is 31.1 Å². The first kappa shape index (κ1) is 13.5. The van der Waals surface area contributed by atoms with Crippen molar-refractivity contribution in [1.29, 1.82) is 0 Å². The fourth-order valence-electron chi connectivity index (χ4n) is 2.29. The van der Waals surface area contributed by atoms with Gasteiger partial charge in [0, 0.05) is 35.9 Å². The molecule has 1 amide bonds. The first-order valence-corrected chi connectivity index (χ1v) is 6.68. The van der Waals surface area contributed by atoms with E-state index in [1.165, 1.54) is 0 Å². The number of aromatic amines is 1. The molecule has 2 rings (SSSR count). The van der Waals surface area contributed by atoms with E-state index in [0.29, 0.717) is 11.6 Å². The second-order valence-corrected chi connectivity index (χ2v) is 5.25. The van der Waals surface area contributed by atoms with Gasteiger partial charge in [-0.05, 0) is 31.0 Å². The first-order chi connectivity index (χ1) is 9.02. The number of H-pyrrole nitrogens is 1. The number of amides is 1. The molecule has 0 aliphatic rings. The summed E-state index contributed by atoms with van der Waals surface area (Å²) in [4.78, 5) is 17.5. The molecule has 3 N–H and O–H groups in total. The Kier molecular flexibility index (Phi) is 3.79. The maximum absolute atomic E-state index is 12.5. The second-order valence-electron chi connectivity index (χ2n) is 5.25. The highest BCUT2D eigenvalue weighted by molar-refractivity contribution is 6.07. The lowest BCUT2D eigenvalue weighted by Gasteiger charge is -2.22. The molecular formula is C15H21N3O. The van der Waals surface area contributed by atoms with Gasteiger partial charge in [-0.15, -0.1) is 0 Å². The van der Waals surface area contributed by atoms with Crippen molar-refractivity contribution in [2.45, 2.75) is 20.8 Å². The minimum absolute atomic E-state index is 0.0761. The number of rotatable bonds is 4. The summed E-state index contributed by atoms with van der Waals surface area (Å²) in [6.07, 6.45) is 1.77. The quantitative estimate of drug-likeness (QED) is 0.829. The molecule has 2 aromatic rings. The van der Waals surface area contributed by atoms with Crippen LogP contribution in [0.4, 0.5) is 5.69 Å². The highest BCUT2D eigenvalue weighted by Gasteiger charge is 2.18. The average molecular weight is 259 g/mol. The number of fused-ring (bicyclic) bond motifs is 1. The molecule has 1 heterocycles. The smallest absolute Gasteiger partial charge is 0.256 e. The minimum atomic E-state index is 0.0761. The molecule has 19 heavy (non-hydrogen) atoms. The van der Waals surface area contributed by atoms with Gasteiger partial charge in [-0.1, -0.05) is 13.8 Å². The SMILES string of the molecule is CCN(CC(C)C)C(=O)c1c[nH]c2cc(N)ccc12. The van der Waals surface area contributed by atoms with Gasteiger partial charge in [-0.25, -0.2) is 0 Å². The number of aromatic nitrogens is 1. The van der Waals surface area contributed by atoms with Crippen LogP contribution in [-0.2, 0) is 0 Å². The molecule has 4 heteroatoms. The van der Waals surface area contributed by atoms with Crippen molar-refractivity contribution in [2.24, 2.45) is 5.92 Å². The van der Waals surface area contributed by atoms with E-state index in [1.54, 1.807) is 6.20 Å². The van der Waals surface area contributed by atoms with Crippen LogP contribution in [0.25, 0.3) is 10.9 Å². The molecule has 0 fully saturated rings. The van der Waals surface area contributed by atoms with Crippen LogP contribution in [-0.4, -0.2) is 28.9 Å². The van der Waals surface area contributed by atoms with Gasteiger partial charge in [0.2, 0.25) is 0 Å². The zero-order chi connectivity index (χ0) is 14.0. The third kappa shape index (κ3) is 2.72. The minimum Gasteiger partial charge on any atom is -0.399 e. The van der Waals surface area contributed by atoms with E-state index in [4.69, 9.17) is 5.73 Å². The highest BCUT2D eigenvalue weighted by atomic mass is 16.2. The van der Waals surface area contributed by atoms with Crippen LogP contribution in [0.15, 0.2) is 24.4 Å². The van der Waals surface area contributed by atoms with Crippen LogP contribution in [0.5, 0.6) is 0 Å². The van der Waals surface area contributed by atoms with Crippen molar-refractivity contribution in [1.82, 2.24) is 9.88 Å². The van der Waals surface area contributed by atoms with Gasteiger partial charge in [0.15, 0.2) is 0 Å². The Hall–Kier alpha value is -1.97. The molecule has 0 aliphatic carbocycles. The number of anilines is 1. The van der Waals surface area contributed by atoms with Crippen LogP contribution in [0, 0.1) is 5.92 Å². The van der Waals surface area contributed by atoms with Crippen molar-refractivity contribution >= 4 is 22.5 Å². The van der Waals surface area contributed by atoms with E-state index in [9.17, 15) is 4.79 Å². The maximum atomic E-state index is 12.5. The molecule has 1 aromatic heterocycles. The number of nitrogens with zero attached hydrogens (tertiary/aromatic N) is 1. The molecule has 0 radical (unpaired) electrons. The Morgan fingerprint density at radius 3 is 2.79 bits per heavy atom. The van der Waals surface area contributed by atoms with E-state index in [-0.39, 0.29) is 5.91 Å². The van der Waals surface area contributed by atoms with Crippen molar-refractivity contribution in [3.63, 3.8) is 0 Å². The highest BCUT2D eigenvalue weighted by Crippen LogP contribution is 2.22. The molecule has 0 spiro atoms. The summed E-state index contributed by atoms with van der Waals surface area (Å²) in [5.74, 6) is 0.539. The third-order valence-corrected chi connectivity index (χ3v) is 3.19. The maximum Gasteiger partial charge on any atom is 0.256 e. The van der Waals surface area contributed by atoms with Crippen molar-refractivity contribution in [2.75, 3.05) is 18.8 Å². The molecule has 0 unspecified atom stereocenters.